The molecule has 0 aromatic rings. The monoisotopic (exact) mass is 361 g/mol. The number of aliphatic carboxylic acids is 2. The quantitative estimate of drug-likeness (QED) is 0.208. The smallest absolute Gasteiger partial charge is 0.308 e. The predicted octanol–water partition coefficient (Wildman–Crippen LogP) is -0.337. The van der Waals surface area contributed by atoms with Crippen LogP contribution in [0.15, 0.2) is 0 Å². The summed E-state index contributed by atoms with van der Waals surface area (Å²) in [6.07, 6.45) is -0.0731. The van der Waals surface area contributed by atoms with Gasteiger partial charge in [-0.05, 0) is 20.8 Å². The molecule has 0 rings (SSSR count). The molecule has 25 heavy (non-hydrogen) atoms. The molecule has 0 fully saturated rings. The van der Waals surface area contributed by atoms with Crippen molar-refractivity contribution in [2.45, 2.75) is 39.2 Å². The molecule has 1 atom stereocenters. The van der Waals surface area contributed by atoms with E-state index in [1.807, 2.05) is 0 Å². The minimum Gasteiger partial charge on any atom is -0.481 e. The van der Waals surface area contributed by atoms with E-state index in [1.54, 1.807) is 20.8 Å². The van der Waals surface area contributed by atoms with Crippen LogP contribution in [-0.4, -0.2) is 73.0 Å². The maximum absolute atomic E-state index is 11.7. The Kier molecular flexibility index (Phi) is 11.8. The summed E-state index contributed by atoms with van der Waals surface area (Å²) in [6, 6.07) is 0. The highest BCUT2D eigenvalue weighted by molar-refractivity contribution is 5.79. The zero-order chi connectivity index (χ0) is 19.3. The van der Waals surface area contributed by atoms with Crippen LogP contribution >= 0.6 is 0 Å². The van der Waals surface area contributed by atoms with Gasteiger partial charge in [-0.1, -0.05) is 0 Å². The molecule has 0 aromatic heterocycles. The molecule has 0 amide bonds. The molecule has 146 valence electrons. The van der Waals surface area contributed by atoms with Crippen molar-refractivity contribution in [1.29, 1.82) is 0 Å². The maximum Gasteiger partial charge on any atom is 0.308 e. The normalized spacial score (nSPS) is 12.6. The minimum absolute atomic E-state index is 0.0930. The van der Waals surface area contributed by atoms with Crippen molar-refractivity contribution in [3.05, 3.63) is 0 Å². The van der Waals surface area contributed by atoms with Crippen LogP contribution in [0.2, 0.25) is 0 Å². The van der Waals surface area contributed by atoms with Crippen molar-refractivity contribution < 1.29 is 29.3 Å². The molecule has 0 saturated carbocycles. The molecule has 0 bridgehead atoms. The zero-order valence-electron chi connectivity index (χ0n) is 15.3. The molecule has 0 spiro atoms. The largest absolute Gasteiger partial charge is 0.481 e. The number of nitrogens with one attached hydrogen (secondary N) is 3. The van der Waals surface area contributed by atoms with Gasteiger partial charge in [0.1, 0.15) is 5.60 Å². The van der Waals surface area contributed by atoms with Gasteiger partial charge in [-0.3, -0.25) is 14.4 Å². The Balaban J connectivity index is 3.76. The maximum atomic E-state index is 11.7. The van der Waals surface area contributed by atoms with Crippen LogP contribution in [0, 0.1) is 5.92 Å². The van der Waals surface area contributed by atoms with E-state index >= 15 is 0 Å². The van der Waals surface area contributed by atoms with Crippen molar-refractivity contribution in [1.82, 2.24) is 16.0 Å². The number of rotatable bonds is 14. The van der Waals surface area contributed by atoms with Gasteiger partial charge in [0.25, 0.3) is 0 Å². The number of esters is 1. The summed E-state index contributed by atoms with van der Waals surface area (Å²) in [4.78, 5) is 33.2. The van der Waals surface area contributed by atoms with E-state index in [0.717, 1.165) is 0 Å². The summed E-state index contributed by atoms with van der Waals surface area (Å²) in [6.45, 7) is 8.37. The lowest BCUT2D eigenvalue weighted by Crippen LogP contribution is -2.37. The molecule has 9 heteroatoms. The van der Waals surface area contributed by atoms with Gasteiger partial charge >= 0.3 is 17.9 Å². The fourth-order valence-corrected chi connectivity index (χ4v) is 1.91. The van der Waals surface area contributed by atoms with E-state index in [9.17, 15) is 14.4 Å². The molecule has 5 N–H and O–H groups in total. The van der Waals surface area contributed by atoms with Crippen LogP contribution in [0.5, 0.6) is 0 Å². The summed E-state index contributed by atoms with van der Waals surface area (Å²) in [5, 5.41) is 26.8. The molecule has 0 radical (unpaired) electrons. The standard InChI is InChI=1S/C16H31N3O6/c1-16(2,3)25-14(22)10-12(15(23)24)11-19-9-8-18-7-6-17-5-4-13(20)21/h12,17-19H,4-11H2,1-3H3,(H,20,21)(H,23,24). The van der Waals surface area contributed by atoms with E-state index in [4.69, 9.17) is 14.9 Å². The van der Waals surface area contributed by atoms with Crippen LogP contribution in [0.3, 0.4) is 0 Å². The van der Waals surface area contributed by atoms with Gasteiger partial charge in [0.05, 0.1) is 18.8 Å². The summed E-state index contributed by atoms with van der Waals surface area (Å²) in [5.41, 5.74) is -0.629. The molecule has 0 heterocycles. The zero-order valence-corrected chi connectivity index (χ0v) is 15.3. The van der Waals surface area contributed by atoms with Gasteiger partial charge in [0.2, 0.25) is 0 Å². The van der Waals surface area contributed by atoms with Gasteiger partial charge < -0.3 is 30.9 Å². The van der Waals surface area contributed by atoms with Crippen LogP contribution in [0.4, 0.5) is 0 Å². The van der Waals surface area contributed by atoms with E-state index < -0.39 is 29.4 Å². The highest BCUT2D eigenvalue weighted by atomic mass is 16.6. The highest BCUT2D eigenvalue weighted by Crippen LogP contribution is 2.11. The molecular weight excluding hydrogens is 330 g/mol. The van der Waals surface area contributed by atoms with Gasteiger partial charge in [-0.2, -0.15) is 0 Å². The first-order chi connectivity index (χ1) is 11.6. The van der Waals surface area contributed by atoms with Crippen LogP contribution in [-0.2, 0) is 19.1 Å². The first-order valence-electron chi connectivity index (χ1n) is 8.40. The van der Waals surface area contributed by atoms with Crippen LogP contribution in [0.1, 0.15) is 33.6 Å². The van der Waals surface area contributed by atoms with Gasteiger partial charge in [0.15, 0.2) is 0 Å². The second kappa shape index (κ2) is 12.6. The van der Waals surface area contributed by atoms with Crippen molar-refractivity contribution >= 4 is 17.9 Å². The van der Waals surface area contributed by atoms with Crippen molar-refractivity contribution in [3.63, 3.8) is 0 Å². The Morgan fingerprint density at radius 3 is 1.92 bits per heavy atom. The van der Waals surface area contributed by atoms with E-state index in [-0.39, 0.29) is 19.4 Å². The topological polar surface area (TPSA) is 137 Å². The molecular formula is C16H31N3O6. The number of hydrogen-bond donors (Lipinski definition) is 5. The molecule has 0 aliphatic heterocycles. The van der Waals surface area contributed by atoms with Crippen molar-refractivity contribution in [3.8, 4) is 0 Å². The SMILES string of the molecule is CC(C)(C)OC(=O)CC(CNCCNCCNCCC(=O)O)C(=O)O. The Morgan fingerprint density at radius 1 is 0.920 bits per heavy atom. The Morgan fingerprint density at radius 2 is 1.44 bits per heavy atom. The Labute approximate surface area is 148 Å². The Hall–Kier alpha value is -1.71. The molecule has 0 aliphatic carbocycles. The summed E-state index contributed by atoms with van der Waals surface area (Å²) < 4.78 is 5.14. The molecule has 0 aliphatic rings. The molecule has 1 unspecified atom stereocenters. The van der Waals surface area contributed by atoms with Crippen LogP contribution < -0.4 is 16.0 Å². The number of carboxylic acids is 2. The summed E-state index contributed by atoms with van der Waals surface area (Å²) in [5.74, 6) is -3.21. The molecule has 0 aromatic carbocycles. The number of carboxylic acid groups (broad SMARTS) is 2. The average molecular weight is 361 g/mol. The third-order valence-electron chi connectivity index (χ3n) is 3.05. The van der Waals surface area contributed by atoms with Crippen molar-refractivity contribution in [2.24, 2.45) is 5.92 Å². The third-order valence-corrected chi connectivity index (χ3v) is 3.05. The minimum atomic E-state index is -1.03. The lowest BCUT2D eigenvalue weighted by molar-refractivity contribution is -0.159. The van der Waals surface area contributed by atoms with Gasteiger partial charge in [-0.15, -0.1) is 0 Å². The summed E-state index contributed by atoms with van der Waals surface area (Å²) in [7, 11) is 0. The lowest BCUT2D eigenvalue weighted by Gasteiger charge is -2.21. The van der Waals surface area contributed by atoms with E-state index in [2.05, 4.69) is 16.0 Å². The second-order valence-corrected chi connectivity index (χ2v) is 6.67. The van der Waals surface area contributed by atoms with Crippen LogP contribution in [0.25, 0.3) is 0 Å². The number of ether oxygens (including phenoxy) is 1. The number of carbonyl (C=O) groups excluding carboxylic acids is 1. The van der Waals surface area contributed by atoms with Gasteiger partial charge in [0, 0.05) is 39.3 Å². The molecule has 0 saturated heterocycles. The third kappa shape index (κ3) is 15.6. The first kappa shape index (κ1) is 23.3. The second-order valence-electron chi connectivity index (χ2n) is 6.67. The highest BCUT2D eigenvalue weighted by Gasteiger charge is 2.24. The molecule has 9 nitrogen and oxygen atoms in total. The number of hydrogen-bond acceptors (Lipinski definition) is 7. The average Bonchev–Trinajstić information content (AvgIpc) is 2.45. The number of carbonyl (C=O) groups is 3. The fourth-order valence-electron chi connectivity index (χ4n) is 1.91. The lowest BCUT2D eigenvalue weighted by atomic mass is 10.1. The van der Waals surface area contributed by atoms with E-state index in [0.29, 0.717) is 32.7 Å². The van der Waals surface area contributed by atoms with E-state index in [1.165, 1.54) is 0 Å². The fraction of sp³-hybridized carbons (Fsp3) is 0.812. The Bertz CT molecular complexity index is 423. The predicted molar refractivity (Wildman–Crippen MR) is 92.4 cm³/mol. The van der Waals surface area contributed by atoms with Gasteiger partial charge in [-0.25, -0.2) is 0 Å². The van der Waals surface area contributed by atoms with Crippen molar-refractivity contribution in [2.75, 3.05) is 39.3 Å². The first-order valence-corrected chi connectivity index (χ1v) is 8.40. The summed E-state index contributed by atoms with van der Waals surface area (Å²) >= 11 is 0.